The van der Waals surface area contributed by atoms with E-state index in [0.717, 1.165) is 0 Å². The van der Waals surface area contributed by atoms with Crippen LogP contribution in [0, 0.1) is 5.41 Å². The Bertz CT molecular complexity index is 202. The Hall–Kier alpha value is 0.690. The molecule has 2 heteroatoms. The third-order valence-corrected chi connectivity index (χ3v) is 5.01. The van der Waals surface area contributed by atoms with Crippen LogP contribution in [0.15, 0.2) is 0 Å². The van der Waals surface area contributed by atoms with E-state index in [-0.39, 0.29) is 0 Å². The van der Waals surface area contributed by atoms with Gasteiger partial charge in [0.1, 0.15) is 0 Å². The minimum absolute atomic E-state index is 0.297. The van der Waals surface area contributed by atoms with E-state index in [9.17, 15) is 0 Å². The van der Waals surface area contributed by atoms with Crippen molar-refractivity contribution in [2.24, 2.45) is 5.41 Å². The van der Waals surface area contributed by atoms with Crippen molar-refractivity contribution in [2.45, 2.75) is 64.1 Å². The second-order valence-electron chi connectivity index (χ2n) is 5.78. The molecule has 2 rings (SSSR count). The van der Waals surface area contributed by atoms with Gasteiger partial charge in [-0.05, 0) is 43.9 Å². The lowest BCUT2D eigenvalue weighted by Crippen LogP contribution is -2.37. The maximum Gasteiger partial charge on any atom is 0.0688 e. The SMILES string of the molecule is CC1(C)CCC2(CCC(CI)O2)CC1. The molecule has 2 aliphatic rings. The lowest BCUT2D eigenvalue weighted by Gasteiger charge is -2.41. The summed E-state index contributed by atoms with van der Waals surface area (Å²) in [4.78, 5) is 0. The first-order valence-corrected chi connectivity index (χ1v) is 7.32. The number of hydrogen-bond acceptors (Lipinski definition) is 1. The fourth-order valence-corrected chi connectivity index (χ4v) is 3.37. The molecule has 1 nitrogen and oxygen atoms in total. The smallest absolute Gasteiger partial charge is 0.0688 e. The van der Waals surface area contributed by atoms with Crippen molar-refractivity contribution in [3.8, 4) is 0 Å². The summed E-state index contributed by atoms with van der Waals surface area (Å²) in [5, 5.41) is 0. The molecule has 0 radical (unpaired) electrons. The largest absolute Gasteiger partial charge is 0.371 e. The number of hydrogen-bond donors (Lipinski definition) is 0. The molecule has 0 bridgehead atoms. The van der Waals surface area contributed by atoms with Crippen molar-refractivity contribution in [3.05, 3.63) is 0 Å². The second kappa shape index (κ2) is 3.93. The van der Waals surface area contributed by atoms with Gasteiger partial charge in [0.05, 0.1) is 11.7 Å². The zero-order valence-electron chi connectivity index (χ0n) is 9.31. The van der Waals surface area contributed by atoms with E-state index in [2.05, 4.69) is 36.4 Å². The van der Waals surface area contributed by atoms with Gasteiger partial charge in [-0.1, -0.05) is 36.4 Å². The lowest BCUT2D eigenvalue weighted by atomic mass is 9.70. The van der Waals surface area contributed by atoms with Crippen molar-refractivity contribution in [2.75, 3.05) is 4.43 Å². The molecule has 0 aromatic heterocycles. The first-order valence-electron chi connectivity index (χ1n) is 5.79. The summed E-state index contributed by atoms with van der Waals surface area (Å²) >= 11 is 2.45. The van der Waals surface area contributed by atoms with Crippen LogP contribution in [0.2, 0.25) is 0 Å². The van der Waals surface area contributed by atoms with Crippen LogP contribution in [0.3, 0.4) is 0 Å². The van der Waals surface area contributed by atoms with E-state index >= 15 is 0 Å². The highest BCUT2D eigenvalue weighted by Gasteiger charge is 2.44. The van der Waals surface area contributed by atoms with Gasteiger partial charge in [0.25, 0.3) is 0 Å². The van der Waals surface area contributed by atoms with E-state index in [1.54, 1.807) is 0 Å². The van der Waals surface area contributed by atoms with Crippen LogP contribution in [0.5, 0.6) is 0 Å². The maximum atomic E-state index is 6.22. The molecular weight excluding hydrogens is 287 g/mol. The molecular formula is C12H21IO. The van der Waals surface area contributed by atoms with E-state index in [1.807, 2.05) is 0 Å². The van der Waals surface area contributed by atoms with Crippen LogP contribution < -0.4 is 0 Å². The molecule has 1 atom stereocenters. The molecule has 0 aromatic rings. The van der Waals surface area contributed by atoms with Gasteiger partial charge in [-0.15, -0.1) is 0 Å². The lowest BCUT2D eigenvalue weighted by molar-refractivity contribution is -0.0730. The average Bonchev–Trinajstić information content (AvgIpc) is 2.56. The molecule has 1 spiro atoms. The van der Waals surface area contributed by atoms with E-state index in [1.165, 1.54) is 43.0 Å². The van der Waals surface area contributed by atoms with Gasteiger partial charge in [0, 0.05) is 4.43 Å². The Morgan fingerprint density at radius 3 is 2.29 bits per heavy atom. The van der Waals surface area contributed by atoms with Gasteiger partial charge < -0.3 is 4.74 Å². The fourth-order valence-electron chi connectivity index (χ4n) is 2.75. The topological polar surface area (TPSA) is 9.23 Å². The van der Waals surface area contributed by atoms with E-state index in [0.29, 0.717) is 17.1 Å². The van der Waals surface area contributed by atoms with Crippen LogP contribution in [-0.2, 0) is 4.74 Å². The van der Waals surface area contributed by atoms with Gasteiger partial charge >= 0.3 is 0 Å². The summed E-state index contributed by atoms with van der Waals surface area (Å²) in [6, 6.07) is 0. The minimum Gasteiger partial charge on any atom is -0.371 e. The average molecular weight is 308 g/mol. The van der Waals surface area contributed by atoms with Crippen LogP contribution >= 0.6 is 22.6 Å². The first-order chi connectivity index (χ1) is 6.55. The van der Waals surface area contributed by atoms with Gasteiger partial charge in [-0.25, -0.2) is 0 Å². The Balaban J connectivity index is 1.94. The quantitative estimate of drug-likeness (QED) is 0.527. The summed E-state index contributed by atoms with van der Waals surface area (Å²) in [6.45, 7) is 4.79. The highest BCUT2D eigenvalue weighted by molar-refractivity contribution is 14.1. The van der Waals surface area contributed by atoms with Crippen LogP contribution in [0.25, 0.3) is 0 Å². The van der Waals surface area contributed by atoms with E-state index < -0.39 is 0 Å². The van der Waals surface area contributed by atoms with Crippen molar-refractivity contribution in [1.82, 2.24) is 0 Å². The normalized spacial score (nSPS) is 34.9. The molecule has 0 N–H and O–H groups in total. The second-order valence-corrected chi connectivity index (χ2v) is 6.66. The highest BCUT2D eigenvalue weighted by atomic mass is 127. The zero-order chi connectivity index (χ0) is 10.2. The van der Waals surface area contributed by atoms with Crippen LogP contribution in [0.1, 0.15) is 52.4 Å². The maximum absolute atomic E-state index is 6.22. The predicted molar refractivity (Wildman–Crippen MR) is 68.0 cm³/mol. The van der Waals surface area contributed by atoms with Gasteiger partial charge in [-0.2, -0.15) is 0 Å². The zero-order valence-corrected chi connectivity index (χ0v) is 11.5. The highest BCUT2D eigenvalue weighted by Crippen LogP contribution is 2.47. The van der Waals surface area contributed by atoms with E-state index in [4.69, 9.17) is 4.74 Å². The van der Waals surface area contributed by atoms with Crippen LogP contribution in [-0.4, -0.2) is 16.1 Å². The standard InChI is InChI=1S/C12H21IO/c1-11(2)5-7-12(8-6-11)4-3-10(9-13)14-12/h10H,3-9H2,1-2H3. The Labute approximate surface area is 101 Å². The summed E-state index contributed by atoms with van der Waals surface area (Å²) in [5.74, 6) is 0. The fraction of sp³-hybridized carbons (Fsp3) is 1.00. The monoisotopic (exact) mass is 308 g/mol. The molecule has 1 aliphatic heterocycles. The molecule has 1 heterocycles. The number of halogens is 1. The third-order valence-electron chi connectivity index (χ3n) is 4.03. The molecule has 2 fully saturated rings. The van der Waals surface area contributed by atoms with Crippen LogP contribution in [0.4, 0.5) is 0 Å². The predicted octanol–water partition coefficient (Wildman–Crippen LogP) is 3.94. The van der Waals surface area contributed by atoms with Gasteiger partial charge in [-0.3, -0.25) is 0 Å². The summed E-state index contributed by atoms with van der Waals surface area (Å²) in [7, 11) is 0. The molecule has 14 heavy (non-hydrogen) atoms. The molecule has 82 valence electrons. The summed E-state index contributed by atoms with van der Waals surface area (Å²) < 4.78 is 7.39. The number of ether oxygens (including phenoxy) is 1. The van der Waals surface area contributed by atoms with Crippen molar-refractivity contribution >= 4 is 22.6 Å². The van der Waals surface area contributed by atoms with Crippen molar-refractivity contribution < 1.29 is 4.74 Å². The number of rotatable bonds is 1. The first kappa shape index (κ1) is 11.2. The molecule has 1 saturated carbocycles. The van der Waals surface area contributed by atoms with Gasteiger partial charge in [0.2, 0.25) is 0 Å². The molecule has 1 unspecified atom stereocenters. The van der Waals surface area contributed by atoms with Crippen molar-refractivity contribution in [1.29, 1.82) is 0 Å². The molecule has 1 aliphatic carbocycles. The Kier molecular flexibility index (Phi) is 3.14. The molecule has 0 aromatic carbocycles. The minimum atomic E-state index is 0.297. The molecule has 0 amide bonds. The number of alkyl halides is 1. The summed E-state index contributed by atoms with van der Waals surface area (Å²) in [6.07, 6.45) is 8.46. The summed E-state index contributed by atoms with van der Waals surface area (Å²) in [5.41, 5.74) is 0.863. The van der Waals surface area contributed by atoms with Gasteiger partial charge in [0.15, 0.2) is 0 Å². The molecule has 1 saturated heterocycles. The van der Waals surface area contributed by atoms with Crippen molar-refractivity contribution in [3.63, 3.8) is 0 Å². The Morgan fingerprint density at radius 1 is 1.14 bits per heavy atom. The third kappa shape index (κ3) is 2.26. The Morgan fingerprint density at radius 2 is 1.79 bits per heavy atom.